The summed E-state index contributed by atoms with van der Waals surface area (Å²) in [5.41, 5.74) is 5.13. The van der Waals surface area contributed by atoms with E-state index in [-0.39, 0.29) is 26.5 Å². The average Bonchev–Trinajstić information content (AvgIpc) is 3.73. The van der Waals surface area contributed by atoms with E-state index >= 15 is 0 Å². The minimum absolute atomic E-state index is 0. The fourth-order valence-corrected chi connectivity index (χ4v) is 6.95. The molecule has 6 nitrogen and oxygen atoms in total. The maximum absolute atomic E-state index is 8.96. The van der Waals surface area contributed by atoms with Crippen molar-refractivity contribution in [2.45, 2.75) is 80.5 Å². The molecule has 8 rings (SSSR count). The molecule has 288 valence electrons. The van der Waals surface area contributed by atoms with E-state index in [1.54, 1.807) is 24.5 Å². The van der Waals surface area contributed by atoms with Crippen molar-refractivity contribution in [2.75, 3.05) is 0 Å². The van der Waals surface area contributed by atoms with Gasteiger partial charge in [0, 0.05) is 44.0 Å². The molecule has 0 unspecified atom stereocenters. The number of aromatic nitrogens is 5. The topological polar surface area (TPSA) is 48.8 Å². The van der Waals surface area contributed by atoms with Crippen molar-refractivity contribution in [1.82, 2.24) is 19.1 Å². The molecule has 0 saturated heterocycles. The number of hydrogen-bond acceptors (Lipinski definition) is 3. The third-order valence-corrected chi connectivity index (χ3v) is 9.29. The summed E-state index contributed by atoms with van der Waals surface area (Å²) in [4.78, 5) is 9.46. The zero-order valence-corrected chi connectivity index (χ0v) is 35.6. The quantitative estimate of drug-likeness (QED) is 0.118. The average molecular weight is 923 g/mol. The number of rotatable bonds is 7. The molecule has 0 atom stereocenters. The van der Waals surface area contributed by atoms with E-state index in [1.807, 2.05) is 116 Å². The van der Waals surface area contributed by atoms with Gasteiger partial charge in [0.2, 0.25) is 0 Å². The van der Waals surface area contributed by atoms with Crippen molar-refractivity contribution >= 4 is 32.8 Å². The molecule has 0 saturated carbocycles. The van der Waals surface area contributed by atoms with Crippen LogP contribution in [0.3, 0.4) is 0 Å². The van der Waals surface area contributed by atoms with Crippen LogP contribution in [0, 0.1) is 29.3 Å². The van der Waals surface area contributed by atoms with Crippen molar-refractivity contribution in [3.8, 4) is 28.8 Å². The third kappa shape index (κ3) is 8.09. The number of pyridine rings is 2. The smallest absolute Gasteiger partial charge is 0.269 e. The number of fused-ring (bicyclic) bond motifs is 4. The van der Waals surface area contributed by atoms with Crippen LogP contribution in [0.5, 0.6) is 11.5 Å². The van der Waals surface area contributed by atoms with Crippen LogP contribution in [0.4, 0.5) is 0 Å². The Kier molecular flexibility index (Phi) is 9.03. The van der Waals surface area contributed by atoms with Gasteiger partial charge in [-0.1, -0.05) is 122 Å². The molecule has 4 aromatic carbocycles. The zero-order valence-electron chi connectivity index (χ0n) is 37.4. The van der Waals surface area contributed by atoms with Gasteiger partial charge in [-0.2, -0.15) is 18.2 Å². The SMILES string of the molecule is [2H]C([2H])(c1cccc(-[n+]2[c-]n(-c3[c-]c(Oc4[c-]c5c(cc4)c4ccccc4n5-c4cc(C([2H])([2H])C(C)(C)C)ccn4)ccn3)c3cc(C(C)(C)C)ccc32)c1)C(C)(C)C.[Pt]. The summed E-state index contributed by atoms with van der Waals surface area (Å²) >= 11 is 0. The Morgan fingerprint density at radius 3 is 2.14 bits per heavy atom. The molecule has 0 aliphatic rings. The van der Waals surface area contributed by atoms with Crippen molar-refractivity contribution in [3.05, 3.63) is 145 Å². The Balaban J connectivity index is 0.00000544. The van der Waals surface area contributed by atoms with Gasteiger partial charge in [0.15, 0.2) is 0 Å². The minimum atomic E-state index is -1.60. The van der Waals surface area contributed by atoms with E-state index in [0.29, 0.717) is 34.3 Å². The first kappa shape index (κ1) is 34.2. The molecule has 4 heterocycles. The van der Waals surface area contributed by atoms with Gasteiger partial charge in [-0.25, -0.2) is 4.98 Å². The number of ether oxygens (including phenoxy) is 1. The molecule has 0 bridgehead atoms. The molecule has 56 heavy (non-hydrogen) atoms. The first-order valence-corrected chi connectivity index (χ1v) is 18.8. The van der Waals surface area contributed by atoms with E-state index in [4.69, 9.17) is 20.2 Å². The Labute approximate surface area is 351 Å². The molecular weight excluding hydrogens is 870 g/mol. The van der Waals surface area contributed by atoms with Crippen LogP contribution in [0.15, 0.2) is 109 Å². The summed E-state index contributed by atoms with van der Waals surface area (Å²) in [6.45, 7) is 18.0. The molecule has 0 aliphatic heterocycles. The Morgan fingerprint density at radius 1 is 0.679 bits per heavy atom. The minimum Gasteiger partial charge on any atom is -0.522 e. The van der Waals surface area contributed by atoms with E-state index in [2.05, 4.69) is 63.5 Å². The second-order valence-corrected chi connectivity index (χ2v) is 17.2. The fraction of sp³-hybridized carbons (Fsp3) is 0.286. The molecule has 0 spiro atoms. The van der Waals surface area contributed by atoms with Crippen molar-refractivity contribution in [2.24, 2.45) is 10.8 Å². The number of hydrogen-bond donors (Lipinski definition) is 0. The second-order valence-electron chi connectivity index (χ2n) is 17.2. The second kappa shape index (κ2) is 14.8. The third-order valence-electron chi connectivity index (χ3n) is 9.29. The van der Waals surface area contributed by atoms with E-state index in [0.717, 1.165) is 44.1 Å². The predicted molar refractivity (Wildman–Crippen MR) is 223 cm³/mol. The number of nitrogens with zero attached hydrogens (tertiary/aromatic N) is 5. The van der Waals surface area contributed by atoms with Gasteiger partial charge in [-0.3, -0.25) is 14.1 Å². The Morgan fingerprint density at radius 2 is 1.39 bits per heavy atom. The van der Waals surface area contributed by atoms with Gasteiger partial charge in [0.1, 0.15) is 5.82 Å². The fourth-order valence-electron chi connectivity index (χ4n) is 6.95. The molecule has 0 radical (unpaired) electrons. The molecule has 0 amide bonds. The van der Waals surface area contributed by atoms with Crippen LogP contribution >= 0.6 is 0 Å². The van der Waals surface area contributed by atoms with Gasteiger partial charge in [0.25, 0.3) is 6.33 Å². The summed E-state index contributed by atoms with van der Waals surface area (Å²) in [5, 5.41) is 1.98. The van der Waals surface area contributed by atoms with Crippen LogP contribution < -0.4 is 9.30 Å². The summed E-state index contributed by atoms with van der Waals surface area (Å²) < 4.78 is 48.2. The van der Waals surface area contributed by atoms with Crippen LogP contribution in [0.25, 0.3) is 50.2 Å². The Bertz CT molecular complexity index is 2900. The maximum atomic E-state index is 8.96. The molecule has 4 aromatic heterocycles. The Hall–Kier alpha value is -5.06. The van der Waals surface area contributed by atoms with Gasteiger partial charge >= 0.3 is 0 Å². The van der Waals surface area contributed by atoms with E-state index < -0.39 is 23.6 Å². The first-order chi connectivity index (χ1) is 27.6. The summed E-state index contributed by atoms with van der Waals surface area (Å²) in [7, 11) is 0. The van der Waals surface area contributed by atoms with Crippen LogP contribution in [-0.2, 0) is 39.2 Å². The molecule has 0 fully saturated rings. The van der Waals surface area contributed by atoms with E-state index in [9.17, 15) is 0 Å². The first-order valence-electron chi connectivity index (χ1n) is 20.8. The van der Waals surface area contributed by atoms with E-state index in [1.165, 1.54) is 0 Å². The number of benzene rings is 4. The zero-order chi connectivity index (χ0) is 42.3. The van der Waals surface area contributed by atoms with Crippen LogP contribution in [0.1, 0.15) is 84.5 Å². The van der Waals surface area contributed by atoms with Crippen LogP contribution in [0.2, 0.25) is 0 Å². The molecule has 8 aromatic rings. The number of para-hydroxylation sites is 1. The molecule has 0 aliphatic carbocycles. The van der Waals surface area contributed by atoms with Gasteiger partial charge in [0.05, 0.1) is 22.5 Å². The standard InChI is InChI=1S/C49H49N5O.Pt/c1-47(2,3)30-33-13-12-14-36(25-33)52-32-53(44-27-35(49(7,8)9)17-20-42(44)52)45-29-38(22-24-50-45)55-37-18-19-40-39-15-10-11-16-41(39)54(43(40)28-37)46-26-34(21-23-51-46)31-48(4,5)6;/h10-27H,30-31H2,1-9H3;/q-2;/i30D2,31D2;. The molecule has 7 heteroatoms. The van der Waals surface area contributed by atoms with Crippen LogP contribution in [-0.4, -0.2) is 19.1 Å². The van der Waals surface area contributed by atoms with Crippen molar-refractivity contribution in [1.29, 1.82) is 0 Å². The van der Waals surface area contributed by atoms with Gasteiger partial charge < -0.3 is 9.30 Å². The normalized spacial score (nSPS) is 13.9. The molecular formula is C49H49N5OPt-2. The van der Waals surface area contributed by atoms with Gasteiger partial charge in [-0.05, 0) is 87.7 Å². The maximum Gasteiger partial charge on any atom is 0.269 e. The van der Waals surface area contributed by atoms with Crippen molar-refractivity contribution in [3.63, 3.8) is 0 Å². The molecule has 0 N–H and O–H groups in total. The monoisotopic (exact) mass is 922 g/mol. The summed E-state index contributed by atoms with van der Waals surface area (Å²) in [6, 6.07) is 38.2. The van der Waals surface area contributed by atoms with Gasteiger partial charge in [-0.15, -0.1) is 17.5 Å². The van der Waals surface area contributed by atoms with Crippen molar-refractivity contribution < 1.29 is 35.9 Å². The summed E-state index contributed by atoms with van der Waals surface area (Å²) in [6.07, 6.45) is 3.70. The summed E-state index contributed by atoms with van der Waals surface area (Å²) in [5.74, 6) is 1.96. The largest absolute Gasteiger partial charge is 0.522 e. The predicted octanol–water partition coefficient (Wildman–Crippen LogP) is 11.5. The number of imidazole rings is 1.